The molecule has 5 aromatic rings. The molecular weight excluding hydrogens is 665 g/mol. The number of nitrogens with one attached hydrogen (secondary N) is 2. The van der Waals surface area contributed by atoms with E-state index in [4.69, 9.17) is 16.0 Å². The van der Waals surface area contributed by atoms with Gasteiger partial charge in [-0.3, -0.25) is 23.9 Å². The van der Waals surface area contributed by atoms with E-state index in [1.165, 1.54) is 17.0 Å². The highest BCUT2D eigenvalue weighted by Crippen LogP contribution is 2.46. The lowest BCUT2D eigenvalue weighted by Gasteiger charge is -2.48. The molecule has 1 saturated heterocycles. The SMILES string of the molecule is C=CC(=O)N1CC2C(=O)Nc3c(c4cc(Cl)c(-c5c(C)ccc6[nH]c(=O)oc56)c(F)c4n(-c4c(C(C)C)ncnc4C(C)C)c3=O)N2CC1C. The van der Waals surface area contributed by atoms with Gasteiger partial charge in [0.25, 0.3) is 5.56 Å². The predicted octanol–water partition coefficient (Wildman–Crippen LogP) is 5.77. The van der Waals surface area contributed by atoms with Crippen molar-refractivity contribution in [1.82, 2.24) is 24.4 Å². The van der Waals surface area contributed by atoms with Gasteiger partial charge in [-0.15, -0.1) is 0 Å². The fourth-order valence-corrected chi connectivity index (χ4v) is 7.58. The van der Waals surface area contributed by atoms with E-state index in [-0.39, 0.29) is 80.9 Å². The Morgan fingerprint density at radius 2 is 1.76 bits per heavy atom. The number of carbonyl (C=O) groups is 2. The third kappa shape index (κ3) is 4.85. The molecule has 3 aromatic heterocycles. The Bertz CT molecular complexity index is 2390. The Morgan fingerprint density at radius 1 is 1.08 bits per heavy atom. The number of aromatic nitrogens is 4. The summed E-state index contributed by atoms with van der Waals surface area (Å²) in [6.07, 6.45) is 2.62. The minimum atomic E-state index is -0.884. The van der Waals surface area contributed by atoms with Gasteiger partial charge >= 0.3 is 5.76 Å². The number of piperazine rings is 1. The van der Waals surface area contributed by atoms with Crippen LogP contribution in [0.15, 0.2) is 51.2 Å². The number of H-pyrrole nitrogens is 1. The second-order valence-corrected chi connectivity index (χ2v) is 13.9. The molecule has 12 nitrogen and oxygen atoms in total. The maximum atomic E-state index is 17.9. The number of amides is 2. The van der Waals surface area contributed by atoms with Crippen LogP contribution in [0, 0.1) is 12.7 Å². The highest BCUT2D eigenvalue weighted by molar-refractivity contribution is 6.35. The number of oxazole rings is 1. The van der Waals surface area contributed by atoms with Crippen LogP contribution in [0.1, 0.15) is 63.4 Å². The van der Waals surface area contributed by atoms with Gasteiger partial charge in [0.1, 0.15) is 18.1 Å². The molecule has 258 valence electrons. The van der Waals surface area contributed by atoms with Crippen LogP contribution in [0.5, 0.6) is 0 Å². The van der Waals surface area contributed by atoms with E-state index in [2.05, 4.69) is 26.8 Å². The number of carbonyl (C=O) groups excluding carboxylic acids is 2. The predicted molar refractivity (Wildman–Crippen MR) is 190 cm³/mol. The number of rotatable bonds is 5. The van der Waals surface area contributed by atoms with Crippen molar-refractivity contribution in [1.29, 1.82) is 0 Å². The highest BCUT2D eigenvalue weighted by Gasteiger charge is 2.44. The fourth-order valence-electron chi connectivity index (χ4n) is 7.29. The van der Waals surface area contributed by atoms with Crippen molar-refractivity contribution in [2.75, 3.05) is 23.3 Å². The van der Waals surface area contributed by atoms with Crippen LogP contribution in [0.4, 0.5) is 15.8 Å². The van der Waals surface area contributed by atoms with Gasteiger partial charge in [-0.1, -0.05) is 51.9 Å². The molecule has 5 heterocycles. The molecule has 0 aliphatic carbocycles. The summed E-state index contributed by atoms with van der Waals surface area (Å²) in [5.41, 5.74) is 1.94. The maximum Gasteiger partial charge on any atom is 0.417 e. The van der Waals surface area contributed by atoms with E-state index in [1.54, 1.807) is 34.9 Å². The molecule has 2 aliphatic rings. The van der Waals surface area contributed by atoms with Gasteiger partial charge in [0, 0.05) is 29.1 Å². The number of pyridine rings is 1. The Labute approximate surface area is 290 Å². The molecular formula is C36H35ClFN7O5. The number of fused-ring (bicyclic) bond motifs is 6. The molecule has 1 fully saturated rings. The van der Waals surface area contributed by atoms with Gasteiger partial charge < -0.3 is 19.5 Å². The first kappa shape index (κ1) is 33.2. The van der Waals surface area contributed by atoms with Crippen LogP contribution in [0.2, 0.25) is 5.02 Å². The van der Waals surface area contributed by atoms with Crippen LogP contribution in [0.25, 0.3) is 38.8 Å². The number of anilines is 2. The highest BCUT2D eigenvalue weighted by atomic mass is 35.5. The van der Waals surface area contributed by atoms with Gasteiger partial charge in [-0.05, 0) is 49.5 Å². The minimum Gasteiger partial charge on any atom is -0.407 e. The van der Waals surface area contributed by atoms with E-state index >= 15 is 4.39 Å². The number of halogens is 2. The summed E-state index contributed by atoms with van der Waals surface area (Å²) >= 11 is 7.03. The zero-order chi connectivity index (χ0) is 35.9. The lowest BCUT2D eigenvalue weighted by Crippen LogP contribution is -2.64. The van der Waals surface area contributed by atoms with E-state index < -0.39 is 29.1 Å². The van der Waals surface area contributed by atoms with Crippen molar-refractivity contribution in [3.63, 3.8) is 0 Å². The number of nitrogens with zero attached hydrogens (tertiary/aromatic N) is 5. The molecule has 0 spiro atoms. The van der Waals surface area contributed by atoms with Crippen LogP contribution in [-0.2, 0) is 9.59 Å². The van der Waals surface area contributed by atoms with Gasteiger partial charge in [0.05, 0.1) is 45.4 Å². The molecule has 0 bridgehead atoms. The van der Waals surface area contributed by atoms with E-state index in [0.29, 0.717) is 28.2 Å². The second kappa shape index (κ2) is 11.9. The van der Waals surface area contributed by atoms with Crippen LogP contribution < -0.4 is 21.5 Å². The average molecular weight is 700 g/mol. The van der Waals surface area contributed by atoms with Crippen LogP contribution in [0.3, 0.4) is 0 Å². The third-order valence-corrected chi connectivity index (χ3v) is 9.90. The van der Waals surface area contributed by atoms with Gasteiger partial charge in [0.2, 0.25) is 11.8 Å². The summed E-state index contributed by atoms with van der Waals surface area (Å²) in [5, 5.41) is 3.04. The monoisotopic (exact) mass is 699 g/mol. The van der Waals surface area contributed by atoms with E-state index in [9.17, 15) is 19.2 Å². The molecule has 2 aromatic carbocycles. The van der Waals surface area contributed by atoms with Crippen LogP contribution >= 0.6 is 11.6 Å². The zero-order valence-electron chi connectivity index (χ0n) is 28.4. The molecule has 2 amide bonds. The number of aromatic amines is 1. The van der Waals surface area contributed by atoms with E-state index in [1.807, 2.05) is 34.6 Å². The van der Waals surface area contributed by atoms with Crippen molar-refractivity contribution < 1.29 is 18.4 Å². The molecule has 2 atom stereocenters. The first-order valence-corrected chi connectivity index (χ1v) is 16.7. The second-order valence-electron chi connectivity index (χ2n) is 13.5. The summed E-state index contributed by atoms with van der Waals surface area (Å²) in [7, 11) is 0. The van der Waals surface area contributed by atoms with Gasteiger partial charge in [-0.25, -0.2) is 19.2 Å². The first-order valence-electron chi connectivity index (χ1n) is 16.3. The first-order chi connectivity index (χ1) is 23.7. The summed E-state index contributed by atoms with van der Waals surface area (Å²) < 4.78 is 24.6. The van der Waals surface area contributed by atoms with Crippen LogP contribution in [-0.4, -0.2) is 61.4 Å². The molecule has 7 rings (SSSR count). The Morgan fingerprint density at radius 3 is 2.40 bits per heavy atom. The molecule has 50 heavy (non-hydrogen) atoms. The standard InChI is InChI=1S/C36H35ClFN7O5/c1-8-23(46)43-13-22-34(47)42-29-31(44(22)12-18(43)7)19-11-20(37)25(24-17(6)9-10-21-33(24)50-36(49)41-21)26(38)30(19)45(35(29)48)32-27(15(2)3)39-14-40-28(32)16(4)5/h8-11,14-16,18,22H,1,12-13H2,2-7H3,(H,41,49)(H,42,47). The summed E-state index contributed by atoms with van der Waals surface area (Å²) in [5.74, 6) is -2.80. The third-order valence-electron chi connectivity index (χ3n) is 9.60. The molecule has 2 unspecified atom stereocenters. The summed E-state index contributed by atoms with van der Waals surface area (Å²) in [4.78, 5) is 68.8. The van der Waals surface area contributed by atoms with Gasteiger partial charge in [0.15, 0.2) is 11.4 Å². The normalized spacial score (nSPS) is 17.4. The van der Waals surface area contributed by atoms with Crippen molar-refractivity contribution >= 4 is 56.8 Å². The lowest BCUT2D eigenvalue weighted by atomic mass is 9.94. The van der Waals surface area contributed by atoms with Crippen molar-refractivity contribution in [2.45, 2.75) is 65.5 Å². The zero-order valence-corrected chi connectivity index (χ0v) is 29.1. The molecule has 2 aliphatic heterocycles. The van der Waals surface area contributed by atoms with Gasteiger partial charge in [-0.2, -0.15) is 0 Å². The number of aryl methyl sites for hydroxylation is 1. The summed E-state index contributed by atoms with van der Waals surface area (Å²) in [6.45, 7) is 15.0. The largest absolute Gasteiger partial charge is 0.417 e. The molecule has 0 radical (unpaired) electrons. The fraction of sp³-hybridized carbons (Fsp3) is 0.333. The Hall–Kier alpha value is -5.30. The van der Waals surface area contributed by atoms with Crippen molar-refractivity contribution in [3.05, 3.63) is 85.9 Å². The topological polar surface area (TPSA) is 146 Å². The Balaban J connectivity index is 1.66. The van der Waals surface area contributed by atoms with Crippen molar-refractivity contribution in [3.8, 4) is 16.8 Å². The smallest absolute Gasteiger partial charge is 0.407 e. The minimum absolute atomic E-state index is 0.0127. The molecule has 14 heteroatoms. The maximum absolute atomic E-state index is 17.9. The summed E-state index contributed by atoms with van der Waals surface area (Å²) in [6, 6.07) is 3.68. The molecule has 2 N–H and O–H groups in total. The number of hydrogen-bond acceptors (Lipinski definition) is 8. The Kier molecular flexibility index (Phi) is 7.93. The van der Waals surface area contributed by atoms with Crippen molar-refractivity contribution in [2.24, 2.45) is 0 Å². The number of hydrogen-bond donors (Lipinski definition) is 2. The average Bonchev–Trinajstić information content (AvgIpc) is 3.45. The molecule has 0 saturated carbocycles. The van der Waals surface area contributed by atoms with E-state index in [0.717, 1.165) is 0 Å². The quantitative estimate of drug-likeness (QED) is 0.220. The lowest BCUT2D eigenvalue weighted by molar-refractivity contribution is -0.130. The number of benzene rings is 2.